The number of aromatic hydroxyl groups is 1. The van der Waals surface area contributed by atoms with Gasteiger partial charge in [0.2, 0.25) is 29.5 Å². The van der Waals surface area contributed by atoms with Gasteiger partial charge in [-0.3, -0.25) is 33.6 Å². The molecule has 1 saturated carbocycles. The first-order valence-electron chi connectivity index (χ1n) is 18.2. The quantitative estimate of drug-likeness (QED) is 0.0654. The first kappa shape index (κ1) is 46.2. The van der Waals surface area contributed by atoms with Crippen LogP contribution in [-0.4, -0.2) is 110 Å². The molecule has 0 spiro atoms. The van der Waals surface area contributed by atoms with Gasteiger partial charge in [-0.05, 0) is 48.8 Å². The van der Waals surface area contributed by atoms with Gasteiger partial charge in [0, 0.05) is 18.6 Å². The van der Waals surface area contributed by atoms with Crippen LogP contribution in [0.25, 0.3) is 0 Å². The number of carboxylic acids is 3. The number of amides is 5. The number of carboxylic acid groups (broad SMARTS) is 3. The highest BCUT2D eigenvalue weighted by atomic mass is 32.1. The van der Waals surface area contributed by atoms with Crippen molar-refractivity contribution in [1.82, 2.24) is 26.6 Å². The van der Waals surface area contributed by atoms with Gasteiger partial charge in [0.25, 0.3) is 0 Å². The minimum absolute atomic E-state index is 0.0241. The standard InChI is InChI=1S/C36H54N6O12S/c1-19(2)14-25(40-34(51)26(16-21-8-10-22(43)11-9-21)39-31(48)23(37)17-30(46)47)33(50)38-24(12-13-29(44)45)32(49)41-27(15-20-6-4-3-5-7-20)35(52)42-28(18-55)36(53)54/h8-11,19-20,23-28,43,55H,3-7,12-18,37H2,1-2H3,(H,38,50)(H,39,48)(H,40,51)(H,41,49)(H,42,52)(H,44,45)(H,46,47)(H,53,54)/t23-,24-,25-,26-,27-,28-/m0/s1. The largest absolute Gasteiger partial charge is 0.508 e. The first-order chi connectivity index (χ1) is 25.9. The van der Waals surface area contributed by atoms with E-state index in [1.54, 1.807) is 13.8 Å². The normalized spacial score (nSPS) is 16.3. The molecule has 11 N–H and O–H groups in total. The lowest BCUT2D eigenvalue weighted by Crippen LogP contribution is -2.60. The van der Waals surface area contributed by atoms with Crippen LogP contribution in [0.3, 0.4) is 0 Å². The second-order valence-corrected chi connectivity index (χ2v) is 14.6. The van der Waals surface area contributed by atoms with Crippen LogP contribution in [0.15, 0.2) is 24.3 Å². The van der Waals surface area contributed by atoms with Crippen molar-refractivity contribution in [3.8, 4) is 5.75 Å². The molecular weight excluding hydrogens is 740 g/mol. The fourth-order valence-electron chi connectivity index (χ4n) is 6.14. The topological polar surface area (TPSA) is 304 Å². The summed E-state index contributed by atoms with van der Waals surface area (Å²) in [5, 5.41) is 50.1. The molecule has 55 heavy (non-hydrogen) atoms. The number of benzene rings is 1. The molecule has 1 fully saturated rings. The van der Waals surface area contributed by atoms with Crippen molar-refractivity contribution in [2.75, 3.05) is 5.75 Å². The molecule has 306 valence electrons. The minimum atomic E-state index is -1.51. The van der Waals surface area contributed by atoms with Gasteiger partial charge < -0.3 is 52.7 Å². The third-order valence-corrected chi connectivity index (χ3v) is 9.45. The number of nitrogens with two attached hydrogens (primary N) is 1. The smallest absolute Gasteiger partial charge is 0.327 e. The Labute approximate surface area is 324 Å². The van der Waals surface area contributed by atoms with Crippen molar-refractivity contribution in [2.45, 2.75) is 121 Å². The van der Waals surface area contributed by atoms with E-state index < -0.39 is 103 Å². The average molecular weight is 795 g/mol. The van der Waals surface area contributed by atoms with Crippen LogP contribution in [0.2, 0.25) is 0 Å². The van der Waals surface area contributed by atoms with Crippen molar-refractivity contribution in [3.05, 3.63) is 29.8 Å². The van der Waals surface area contributed by atoms with E-state index in [9.17, 15) is 53.7 Å². The van der Waals surface area contributed by atoms with E-state index >= 15 is 0 Å². The summed E-state index contributed by atoms with van der Waals surface area (Å²) in [6.45, 7) is 3.51. The summed E-state index contributed by atoms with van der Waals surface area (Å²) in [5.41, 5.74) is 6.20. The van der Waals surface area contributed by atoms with Gasteiger partial charge in [0.05, 0.1) is 12.5 Å². The SMILES string of the molecule is CC(C)C[C@H](NC(=O)[C@H](Cc1ccc(O)cc1)NC(=O)[C@@H](N)CC(=O)O)C(=O)N[C@@H](CCC(=O)O)C(=O)N[C@@H](CC1CCCCC1)C(=O)N[C@@H](CS)C(=O)O. The number of nitrogens with one attached hydrogen (secondary N) is 5. The second kappa shape index (κ2) is 23.1. The molecule has 0 unspecified atom stereocenters. The van der Waals surface area contributed by atoms with Crippen molar-refractivity contribution in [3.63, 3.8) is 0 Å². The number of phenolic OH excluding ortho intramolecular Hbond substituents is 1. The Morgan fingerprint density at radius 1 is 0.709 bits per heavy atom. The van der Waals surface area contributed by atoms with Crippen molar-refractivity contribution < 1.29 is 58.8 Å². The Bertz CT molecular complexity index is 1500. The molecule has 0 aromatic heterocycles. The molecule has 1 aliphatic carbocycles. The number of thiol groups is 1. The highest BCUT2D eigenvalue weighted by Crippen LogP contribution is 2.27. The number of hydrogen-bond acceptors (Lipinski definition) is 11. The maximum atomic E-state index is 13.8. The molecule has 6 atom stereocenters. The number of phenols is 1. The fourth-order valence-corrected chi connectivity index (χ4v) is 6.39. The molecule has 1 aromatic rings. The molecule has 19 heteroatoms. The molecule has 0 radical (unpaired) electrons. The summed E-state index contributed by atoms with van der Waals surface area (Å²) in [4.78, 5) is 102. The predicted octanol–water partition coefficient (Wildman–Crippen LogP) is 0.0564. The first-order valence-corrected chi connectivity index (χ1v) is 18.9. The van der Waals surface area contributed by atoms with Gasteiger partial charge in [-0.15, -0.1) is 0 Å². The number of aliphatic carboxylic acids is 3. The van der Waals surface area contributed by atoms with Gasteiger partial charge in [0.1, 0.15) is 36.0 Å². The van der Waals surface area contributed by atoms with Crippen LogP contribution in [-0.2, 0) is 44.8 Å². The number of rotatable bonds is 23. The van der Waals surface area contributed by atoms with Crippen LogP contribution in [0.4, 0.5) is 0 Å². The van der Waals surface area contributed by atoms with Crippen LogP contribution in [0.5, 0.6) is 5.75 Å². The lowest BCUT2D eigenvalue weighted by atomic mass is 9.84. The van der Waals surface area contributed by atoms with E-state index in [2.05, 4.69) is 39.2 Å². The minimum Gasteiger partial charge on any atom is -0.508 e. The maximum Gasteiger partial charge on any atom is 0.327 e. The van der Waals surface area contributed by atoms with Crippen molar-refractivity contribution in [1.29, 1.82) is 0 Å². The van der Waals surface area contributed by atoms with E-state index in [4.69, 9.17) is 10.8 Å². The third kappa shape index (κ3) is 17.0. The van der Waals surface area contributed by atoms with E-state index in [1.807, 2.05) is 0 Å². The van der Waals surface area contributed by atoms with Crippen molar-refractivity contribution in [2.24, 2.45) is 17.6 Å². The van der Waals surface area contributed by atoms with Crippen molar-refractivity contribution >= 4 is 60.1 Å². The molecular formula is C36H54N6O12S. The molecule has 0 aliphatic heterocycles. The van der Waals surface area contributed by atoms with Crippen LogP contribution >= 0.6 is 12.6 Å². The number of hydrogen-bond donors (Lipinski definition) is 11. The number of carbonyl (C=O) groups is 8. The zero-order valence-corrected chi connectivity index (χ0v) is 31.9. The summed E-state index contributed by atoms with van der Waals surface area (Å²) < 4.78 is 0. The molecule has 5 amide bonds. The highest BCUT2D eigenvalue weighted by molar-refractivity contribution is 7.80. The molecule has 2 rings (SSSR count). The average Bonchev–Trinajstić information content (AvgIpc) is 3.11. The Morgan fingerprint density at radius 2 is 1.22 bits per heavy atom. The Morgan fingerprint density at radius 3 is 1.76 bits per heavy atom. The zero-order valence-electron chi connectivity index (χ0n) is 31.0. The van der Waals surface area contributed by atoms with Crippen LogP contribution < -0.4 is 32.3 Å². The molecule has 1 aromatic carbocycles. The summed E-state index contributed by atoms with van der Waals surface area (Å²) in [6.07, 6.45) is 2.76. The van der Waals surface area contributed by atoms with E-state index in [-0.39, 0.29) is 42.6 Å². The molecule has 1 aliphatic rings. The predicted molar refractivity (Wildman–Crippen MR) is 201 cm³/mol. The maximum absolute atomic E-state index is 13.8. The van der Waals surface area contributed by atoms with Gasteiger partial charge >= 0.3 is 17.9 Å². The summed E-state index contributed by atoms with van der Waals surface area (Å²) in [5.74, 6) is -8.78. The van der Waals surface area contributed by atoms with E-state index in [0.29, 0.717) is 5.56 Å². The highest BCUT2D eigenvalue weighted by Gasteiger charge is 2.34. The van der Waals surface area contributed by atoms with E-state index in [0.717, 1.165) is 32.1 Å². The molecule has 0 bridgehead atoms. The summed E-state index contributed by atoms with van der Waals surface area (Å²) in [6, 6.07) is -2.59. The molecule has 0 heterocycles. The Hall–Kier alpha value is -4.91. The lowest BCUT2D eigenvalue weighted by molar-refractivity contribution is -0.141. The molecule has 0 saturated heterocycles. The lowest BCUT2D eigenvalue weighted by Gasteiger charge is -2.29. The zero-order chi connectivity index (χ0) is 41.2. The summed E-state index contributed by atoms with van der Waals surface area (Å²) >= 11 is 3.99. The second-order valence-electron chi connectivity index (χ2n) is 14.2. The number of carbonyl (C=O) groups excluding carboxylic acids is 5. The third-order valence-electron chi connectivity index (χ3n) is 9.08. The molecule has 18 nitrogen and oxygen atoms in total. The van der Waals surface area contributed by atoms with Gasteiger partial charge in [0.15, 0.2) is 0 Å². The Kier molecular flexibility index (Phi) is 19.4. The van der Waals surface area contributed by atoms with Gasteiger partial charge in [-0.25, -0.2) is 4.79 Å². The van der Waals surface area contributed by atoms with Gasteiger partial charge in [-0.1, -0.05) is 58.1 Å². The van der Waals surface area contributed by atoms with Crippen LogP contribution in [0, 0.1) is 11.8 Å². The summed E-state index contributed by atoms with van der Waals surface area (Å²) in [7, 11) is 0. The Balaban J connectivity index is 2.36. The van der Waals surface area contributed by atoms with Gasteiger partial charge in [-0.2, -0.15) is 12.6 Å². The van der Waals surface area contributed by atoms with Crippen LogP contribution in [0.1, 0.15) is 83.6 Å². The van der Waals surface area contributed by atoms with E-state index in [1.165, 1.54) is 24.3 Å². The monoisotopic (exact) mass is 794 g/mol. The fraction of sp³-hybridized carbons (Fsp3) is 0.611.